The maximum Gasteiger partial charge on any atom is 0.272 e. The first-order valence-corrected chi connectivity index (χ1v) is 6.09. The van der Waals surface area contributed by atoms with Crippen molar-refractivity contribution in [1.29, 1.82) is 0 Å². The summed E-state index contributed by atoms with van der Waals surface area (Å²) in [6.07, 6.45) is 1.66. The van der Waals surface area contributed by atoms with Crippen LogP contribution in [0.3, 0.4) is 0 Å². The zero-order chi connectivity index (χ0) is 14.5. The van der Waals surface area contributed by atoms with Crippen LogP contribution in [0.25, 0.3) is 0 Å². The van der Waals surface area contributed by atoms with Crippen molar-refractivity contribution < 1.29 is 9.66 Å². The molecule has 2 aromatic rings. The molecule has 2 rings (SSSR count). The number of benzene rings is 1. The van der Waals surface area contributed by atoms with Crippen LogP contribution >= 0.6 is 0 Å². The molecular weight excluding hydrogens is 258 g/mol. The van der Waals surface area contributed by atoms with E-state index in [9.17, 15) is 10.1 Å². The maximum absolute atomic E-state index is 10.9. The molecule has 0 spiro atoms. The first-order valence-electron chi connectivity index (χ1n) is 6.09. The molecule has 0 aliphatic rings. The number of nitrogens with one attached hydrogen (secondary N) is 1. The van der Waals surface area contributed by atoms with Gasteiger partial charge >= 0.3 is 0 Å². The van der Waals surface area contributed by atoms with E-state index < -0.39 is 0 Å². The fraction of sp³-hybridized carbons (Fsp3) is 0.214. The molecule has 1 aromatic heterocycles. The fourth-order valence-corrected chi connectivity index (χ4v) is 1.93. The van der Waals surface area contributed by atoms with E-state index in [1.165, 1.54) is 6.07 Å². The smallest absolute Gasteiger partial charge is 0.272 e. The monoisotopic (exact) mass is 273 g/mol. The van der Waals surface area contributed by atoms with Gasteiger partial charge in [-0.25, -0.2) is 4.98 Å². The minimum atomic E-state index is -0.375. The van der Waals surface area contributed by atoms with Crippen molar-refractivity contribution in [3.05, 3.63) is 57.8 Å². The fourth-order valence-electron chi connectivity index (χ4n) is 1.93. The van der Waals surface area contributed by atoms with Gasteiger partial charge in [0.2, 0.25) is 0 Å². The second-order valence-corrected chi connectivity index (χ2v) is 4.23. The predicted molar refractivity (Wildman–Crippen MR) is 75.9 cm³/mol. The van der Waals surface area contributed by atoms with Crippen LogP contribution in [0.2, 0.25) is 0 Å². The van der Waals surface area contributed by atoms with Crippen LogP contribution in [0.1, 0.15) is 11.1 Å². The van der Waals surface area contributed by atoms with Crippen LogP contribution in [-0.2, 0) is 6.54 Å². The molecular formula is C14H15N3O3. The molecule has 6 heteroatoms. The Bertz CT molecular complexity index is 629. The Balaban J connectivity index is 2.19. The van der Waals surface area contributed by atoms with Crippen molar-refractivity contribution in [2.24, 2.45) is 0 Å². The van der Waals surface area contributed by atoms with E-state index in [2.05, 4.69) is 10.3 Å². The quantitative estimate of drug-likeness (QED) is 0.669. The first-order chi connectivity index (χ1) is 9.63. The molecule has 0 atom stereocenters. The van der Waals surface area contributed by atoms with Gasteiger partial charge in [0.15, 0.2) is 11.6 Å². The van der Waals surface area contributed by atoms with Gasteiger partial charge in [-0.05, 0) is 24.6 Å². The zero-order valence-electron chi connectivity index (χ0n) is 11.3. The van der Waals surface area contributed by atoms with Crippen LogP contribution in [-0.4, -0.2) is 17.0 Å². The summed E-state index contributed by atoms with van der Waals surface area (Å²) in [7, 11) is 1.57. The topological polar surface area (TPSA) is 77.3 Å². The second kappa shape index (κ2) is 6.01. The van der Waals surface area contributed by atoms with E-state index in [4.69, 9.17) is 4.74 Å². The molecule has 0 aliphatic carbocycles. The van der Waals surface area contributed by atoms with Gasteiger partial charge in [0, 0.05) is 24.4 Å². The number of methoxy groups -OCH3 is 1. The third kappa shape index (κ3) is 2.85. The minimum absolute atomic E-state index is 0.122. The minimum Gasteiger partial charge on any atom is -0.493 e. The number of ether oxygens (including phenoxy) is 1. The average Bonchev–Trinajstić information content (AvgIpc) is 2.46. The van der Waals surface area contributed by atoms with Crippen molar-refractivity contribution in [3.8, 4) is 5.75 Å². The molecule has 0 amide bonds. The molecule has 1 aromatic carbocycles. The average molecular weight is 273 g/mol. The Morgan fingerprint density at radius 3 is 2.85 bits per heavy atom. The molecule has 6 nitrogen and oxygen atoms in total. The van der Waals surface area contributed by atoms with E-state index in [1.807, 2.05) is 6.07 Å². The number of nitro groups is 1. The summed E-state index contributed by atoms with van der Waals surface area (Å²) in [5.74, 6) is 1.25. The third-order valence-electron chi connectivity index (χ3n) is 3.05. The van der Waals surface area contributed by atoms with E-state index in [0.717, 1.165) is 5.56 Å². The molecule has 104 valence electrons. The van der Waals surface area contributed by atoms with Gasteiger partial charge in [0.25, 0.3) is 5.69 Å². The summed E-state index contributed by atoms with van der Waals surface area (Å²) in [6, 6.07) is 8.61. The number of pyridine rings is 1. The van der Waals surface area contributed by atoms with Gasteiger partial charge in [-0.3, -0.25) is 10.1 Å². The highest BCUT2D eigenvalue weighted by Crippen LogP contribution is 2.24. The van der Waals surface area contributed by atoms with Gasteiger partial charge in [-0.1, -0.05) is 12.1 Å². The molecule has 0 aliphatic heterocycles. The summed E-state index contributed by atoms with van der Waals surface area (Å²) in [6.45, 7) is 2.19. The largest absolute Gasteiger partial charge is 0.493 e. The summed E-state index contributed by atoms with van der Waals surface area (Å²) in [5, 5.41) is 14.0. The third-order valence-corrected chi connectivity index (χ3v) is 3.05. The van der Waals surface area contributed by atoms with Gasteiger partial charge in [0.05, 0.1) is 12.0 Å². The van der Waals surface area contributed by atoms with Crippen LogP contribution < -0.4 is 10.1 Å². The molecule has 20 heavy (non-hydrogen) atoms. The van der Waals surface area contributed by atoms with Gasteiger partial charge < -0.3 is 10.1 Å². The molecule has 1 heterocycles. The van der Waals surface area contributed by atoms with E-state index >= 15 is 0 Å². The van der Waals surface area contributed by atoms with Crippen LogP contribution in [0.4, 0.5) is 11.5 Å². The molecule has 0 unspecified atom stereocenters. The molecule has 0 saturated carbocycles. The summed E-state index contributed by atoms with van der Waals surface area (Å²) in [5.41, 5.74) is 1.63. The Labute approximate surface area is 116 Å². The van der Waals surface area contributed by atoms with Crippen molar-refractivity contribution in [2.45, 2.75) is 13.5 Å². The van der Waals surface area contributed by atoms with Crippen molar-refractivity contribution in [3.63, 3.8) is 0 Å². The zero-order valence-corrected chi connectivity index (χ0v) is 11.3. The number of anilines is 1. The normalized spacial score (nSPS) is 10.1. The summed E-state index contributed by atoms with van der Waals surface area (Å²) < 4.78 is 5.19. The Hall–Kier alpha value is -2.63. The summed E-state index contributed by atoms with van der Waals surface area (Å²) in [4.78, 5) is 14.7. The standard InChI is InChI=1S/C14H15N3O3/c1-10-11(5-3-6-12(10)17(18)19)9-16-14-13(20-2)7-4-8-15-14/h3-8H,9H2,1-2H3,(H,15,16). The number of nitro benzene ring substituents is 1. The lowest BCUT2D eigenvalue weighted by Crippen LogP contribution is -2.05. The van der Waals surface area contributed by atoms with Crippen molar-refractivity contribution in [1.82, 2.24) is 4.98 Å². The summed E-state index contributed by atoms with van der Waals surface area (Å²) >= 11 is 0. The second-order valence-electron chi connectivity index (χ2n) is 4.23. The number of rotatable bonds is 5. The molecule has 1 N–H and O–H groups in total. The Morgan fingerprint density at radius 1 is 1.35 bits per heavy atom. The molecule has 0 radical (unpaired) electrons. The SMILES string of the molecule is COc1cccnc1NCc1cccc([N+](=O)[O-])c1C. The van der Waals surface area contributed by atoms with Crippen LogP contribution in [0.5, 0.6) is 5.75 Å². The number of aromatic nitrogens is 1. The lowest BCUT2D eigenvalue weighted by molar-refractivity contribution is -0.385. The Kier molecular flexibility index (Phi) is 4.14. The van der Waals surface area contributed by atoms with Crippen molar-refractivity contribution in [2.75, 3.05) is 12.4 Å². The van der Waals surface area contributed by atoms with Crippen molar-refractivity contribution >= 4 is 11.5 Å². The highest BCUT2D eigenvalue weighted by atomic mass is 16.6. The van der Waals surface area contributed by atoms with Gasteiger partial charge in [0.1, 0.15) is 0 Å². The van der Waals surface area contributed by atoms with Crippen LogP contribution in [0.15, 0.2) is 36.5 Å². The maximum atomic E-state index is 10.9. The van der Waals surface area contributed by atoms with Gasteiger partial charge in [-0.2, -0.15) is 0 Å². The molecule has 0 fully saturated rings. The molecule has 0 bridgehead atoms. The first kappa shape index (κ1) is 13.8. The highest BCUT2D eigenvalue weighted by molar-refractivity contribution is 5.51. The predicted octanol–water partition coefficient (Wildman–Crippen LogP) is 2.92. The van der Waals surface area contributed by atoms with E-state index in [0.29, 0.717) is 23.7 Å². The molecule has 0 saturated heterocycles. The lowest BCUT2D eigenvalue weighted by Gasteiger charge is -2.11. The Morgan fingerprint density at radius 2 is 2.15 bits per heavy atom. The number of nitrogens with zero attached hydrogens (tertiary/aromatic N) is 2. The number of hydrogen-bond acceptors (Lipinski definition) is 5. The van der Waals surface area contributed by atoms with Gasteiger partial charge in [-0.15, -0.1) is 0 Å². The van der Waals surface area contributed by atoms with Crippen LogP contribution in [0, 0.1) is 17.0 Å². The highest BCUT2D eigenvalue weighted by Gasteiger charge is 2.13. The lowest BCUT2D eigenvalue weighted by atomic mass is 10.1. The van der Waals surface area contributed by atoms with E-state index in [-0.39, 0.29) is 10.6 Å². The number of hydrogen-bond donors (Lipinski definition) is 1. The van der Waals surface area contributed by atoms with E-state index in [1.54, 1.807) is 38.4 Å².